The van der Waals surface area contributed by atoms with Crippen LogP contribution in [0.4, 0.5) is 0 Å². The van der Waals surface area contributed by atoms with Gasteiger partial charge in [-0.2, -0.15) is 0 Å². The van der Waals surface area contributed by atoms with E-state index in [1.807, 2.05) is 26.0 Å². The summed E-state index contributed by atoms with van der Waals surface area (Å²) in [4.78, 5) is 39.8. The minimum atomic E-state index is -0.771. The van der Waals surface area contributed by atoms with E-state index in [-0.39, 0.29) is 35.7 Å². The Bertz CT molecular complexity index is 536. The number of ether oxygens (including phenoxy) is 1. The van der Waals surface area contributed by atoms with Crippen LogP contribution in [0.2, 0.25) is 0 Å². The Balaban J connectivity index is 1.76. The lowest BCUT2D eigenvalue weighted by Crippen LogP contribution is -2.48. The summed E-state index contributed by atoms with van der Waals surface area (Å²) in [6, 6.07) is -0.771. The van der Waals surface area contributed by atoms with Gasteiger partial charge in [0.25, 0.3) is 0 Å². The van der Waals surface area contributed by atoms with Crippen LogP contribution in [0.15, 0.2) is 12.2 Å². The van der Waals surface area contributed by atoms with Gasteiger partial charge in [-0.3, -0.25) is 14.5 Å². The zero-order valence-corrected chi connectivity index (χ0v) is 15.3. The molecule has 0 unspecified atom stereocenters. The third-order valence-electron chi connectivity index (χ3n) is 5.66. The fourth-order valence-electron chi connectivity index (χ4n) is 4.31. The van der Waals surface area contributed by atoms with Crippen molar-refractivity contribution in [3.63, 3.8) is 0 Å². The van der Waals surface area contributed by atoms with E-state index >= 15 is 0 Å². The number of esters is 1. The monoisotopic (exact) mass is 347 g/mol. The standard InChI is InChI=1S/C20H29NO4/c1-13(2)12-17(20(24)25-14-8-4-3-5-9-14)21-18(22)15-10-6-7-11-16(15)19(21)23/h6-7,13-17H,3-5,8-12H2,1-2H3/t15-,16-,17+/m0/s1. The van der Waals surface area contributed by atoms with E-state index in [0.29, 0.717) is 19.3 Å². The SMILES string of the molecule is CC(C)C[C@H](C(=O)OC1CCCCC1)N1C(=O)[C@H]2CC=CC[C@@H]2C1=O. The third-order valence-corrected chi connectivity index (χ3v) is 5.66. The van der Waals surface area contributed by atoms with Crippen molar-refractivity contribution < 1.29 is 19.1 Å². The van der Waals surface area contributed by atoms with Crippen LogP contribution in [0.3, 0.4) is 0 Å². The number of likely N-dealkylation sites (tertiary alicyclic amines) is 1. The maximum Gasteiger partial charge on any atom is 0.329 e. The van der Waals surface area contributed by atoms with E-state index in [1.165, 1.54) is 11.3 Å². The minimum absolute atomic E-state index is 0.0623. The molecule has 3 atom stereocenters. The molecule has 2 aliphatic carbocycles. The van der Waals surface area contributed by atoms with Gasteiger partial charge in [-0.15, -0.1) is 0 Å². The van der Waals surface area contributed by atoms with E-state index in [1.54, 1.807) is 0 Å². The largest absolute Gasteiger partial charge is 0.461 e. The van der Waals surface area contributed by atoms with E-state index in [4.69, 9.17) is 4.74 Å². The highest BCUT2D eigenvalue weighted by molar-refractivity contribution is 6.08. The summed E-state index contributed by atoms with van der Waals surface area (Å²) in [5.74, 6) is -1.17. The Morgan fingerprint density at radius 1 is 1.08 bits per heavy atom. The first kappa shape index (κ1) is 18.2. The lowest BCUT2D eigenvalue weighted by molar-refractivity contribution is -0.164. The van der Waals surface area contributed by atoms with Gasteiger partial charge in [0.05, 0.1) is 11.8 Å². The Hall–Kier alpha value is -1.65. The van der Waals surface area contributed by atoms with Crippen molar-refractivity contribution in [3.8, 4) is 0 Å². The summed E-state index contributed by atoms with van der Waals surface area (Å²) >= 11 is 0. The van der Waals surface area contributed by atoms with E-state index < -0.39 is 12.0 Å². The van der Waals surface area contributed by atoms with Crippen LogP contribution in [0.5, 0.6) is 0 Å². The second kappa shape index (κ2) is 7.71. The van der Waals surface area contributed by atoms with Crippen molar-refractivity contribution in [2.75, 3.05) is 0 Å². The molecular formula is C20H29NO4. The molecule has 5 nitrogen and oxygen atoms in total. The first-order chi connectivity index (χ1) is 12.0. The van der Waals surface area contributed by atoms with Crippen LogP contribution < -0.4 is 0 Å². The lowest BCUT2D eigenvalue weighted by atomic mass is 9.85. The normalized spacial score (nSPS) is 28.4. The summed E-state index contributed by atoms with van der Waals surface area (Å²) in [5, 5.41) is 0. The maximum absolute atomic E-state index is 12.8. The van der Waals surface area contributed by atoms with Gasteiger partial charge in [-0.05, 0) is 50.9 Å². The summed E-state index contributed by atoms with van der Waals surface area (Å²) < 4.78 is 5.72. The van der Waals surface area contributed by atoms with Gasteiger partial charge in [0.15, 0.2) is 0 Å². The lowest BCUT2D eigenvalue weighted by Gasteiger charge is -2.29. The fourth-order valence-corrected chi connectivity index (χ4v) is 4.31. The first-order valence-corrected chi connectivity index (χ1v) is 9.71. The molecule has 0 aromatic carbocycles. The van der Waals surface area contributed by atoms with E-state index in [9.17, 15) is 14.4 Å². The molecule has 3 rings (SSSR count). The van der Waals surface area contributed by atoms with Gasteiger partial charge in [-0.25, -0.2) is 4.79 Å². The Morgan fingerprint density at radius 2 is 1.64 bits per heavy atom. The number of hydrogen-bond donors (Lipinski definition) is 0. The van der Waals surface area contributed by atoms with Crippen molar-refractivity contribution in [2.24, 2.45) is 17.8 Å². The molecule has 2 fully saturated rings. The predicted octanol–water partition coefficient (Wildman–Crippen LogP) is 3.23. The van der Waals surface area contributed by atoms with Crippen LogP contribution in [0, 0.1) is 17.8 Å². The summed E-state index contributed by atoms with van der Waals surface area (Å²) in [5.41, 5.74) is 0. The number of fused-ring (bicyclic) bond motifs is 1. The molecule has 0 radical (unpaired) electrons. The van der Waals surface area contributed by atoms with Crippen LogP contribution in [0.25, 0.3) is 0 Å². The van der Waals surface area contributed by atoms with Gasteiger partial charge in [0.1, 0.15) is 12.1 Å². The van der Waals surface area contributed by atoms with Gasteiger partial charge < -0.3 is 4.74 Å². The predicted molar refractivity (Wildman–Crippen MR) is 93.4 cm³/mol. The number of nitrogens with zero attached hydrogens (tertiary/aromatic N) is 1. The molecule has 0 bridgehead atoms. The molecule has 0 spiro atoms. The Morgan fingerprint density at radius 3 is 2.16 bits per heavy atom. The number of carbonyl (C=O) groups is 3. The highest BCUT2D eigenvalue weighted by Gasteiger charge is 2.51. The Kier molecular flexibility index (Phi) is 5.60. The quantitative estimate of drug-likeness (QED) is 0.435. The zero-order chi connectivity index (χ0) is 18.0. The van der Waals surface area contributed by atoms with Gasteiger partial charge >= 0.3 is 5.97 Å². The number of carbonyl (C=O) groups excluding carboxylic acids is 3. The topological polar surface area (TPSA) is 63.7 Å². The van der Waals surface area contributed by atoms with Gasteiger partial charge in [0, 0.05) is 0 Å². The van der Waals surface area contributed by atoms with Crippen LogP contribution in [0.1, 0.15) is 65.2 Å². The smallest absolute Gasteiger partial charge is 0.329 e. The van der Waals surface area contributed by atoms with Gasteiger partial charge in [-0.1, -0.05) is 32.4 Å². The van der Waals surface area contributed by atoms with Crippen LogP contribution in [-0.2, 0) is 19.1 Å². The van der Waals surface area contributed by atoms with E-state index in [0.717, 1.165) is 25.7 Å². The number of rotatable bonds is 5. The summed E-state index contributed by atoms with van der Waals surface area (Å²) in [6.07, 6.45) is 10.6. The second-order valence-electron chi connectivity index (χ2n) is 8.04. The molecule has 0 aromatic heterocycles. The Labute approximate surface area is 149 Å². The average molecular weight is 347 g/mol. The zero-order valence-electron chi connectivity index (χ0n) is 15.3. The van der Waals surface area contributed by atoms with Crippen molar-refractivity contribution in [2.45, 2.75) is 77.4 Å². The number of hydrogen-bond acceptors (Lipinski definition) is 4. The molecule has 2 amide bonds. The van der Waals surface area contributed by atoms with Crippen molar-refractivity contribution in [1.82, 2.24) is 4.90 Å². The van der Waals surface area contributed by atoms with Crippen molar-refractivity contribution in [3.05, 3.63) is 12.2 Å². The molecule has 25 heavy (non-hydrogen) atoms. The molecule has 1 aliphatic heterocycles. The molecule has 3 aliphatic rings. The summed E-state index contributed by atoms with van der Waals surface area (Å²) in [6.45, 7) is 4.00. The maximum atomic E-state index is 12.8. The van der Waals surface area contributed by atoms with Crippen molar-refractivity contribution >= 4 is 17.8 Å². The van der Waals surface area contributed by atoms with Crippen LogP contribution >= 0.6 is 0 Å². The van der Waals surface area contributed by atoms with Crippen LogP contribution in [-0.4, -0.2) is 34.8 Å². The van der Waals surface area contributed by atoms with E-state index in [2.05, 4.69) is 0 Å². The second-order valence-corrected chi connectivity index (χ2v) is 8.04. The summed E-state index contributed by atoms with van der Waals surface area (Å²) in [7, 11) is 0. The molecular weight excluding hydrogens is 318 g/mol. The average Bonchev–Trinajstić information content (AvgIpc) is 2.85. The first-order valence-electron chi connectivity index (χ1n) is 9.71. The highest BCUT2D eigenvalue weighted by Crippen LogP contribution is 2.37. The van der Waals surface area contributed by atoms with Gasteiger partial charge in [0.2, 0.25) is 11.8 Å². The molecule has 0 N–H and O–H groups in total. The molecule has 1 saturated carbocycles. The molecule has 1 saturated heterocycles. The molecule has 138 valence electrons. The number of imide groups is 1. The molecule has 1 heterocycles. The highest BCUT2D eigenvalue weighted by atomic mass is 16.5. The minimum Gasteiger partial charge on any atom is -0.461 e. The number of amides is 2. The molecule has 5 heteroatoms. The number of allylic oxidation sites excluding steroid dienone is 2. The van der Waals surface area contributed by atoms with Crippen molar-refractivity contribution in [1.29, 1.82) is 0 Å². The third kappa shape index (κ3) is 3.80. The fraction of sp³-hybridized carbons (Fsp3) is 0.750. The molecule has 0 aromatic rings.